The molecule has 2 atom stereocenters. The lowest BCUT2D eigenvalue weighted by molar-refractivity contribution is 0.103. The molecule has 0 saturated carbocycles. The van der Waals surface area contributed by atoms with Crippen LogP contribution in [0, 0.1) is 6.92 Å². The maximum atomic E-state index is 10.8. The molecule has 1 radical (unpaired) electrons. The molecule has 1 aliphatic heterocycles. The maximum absolute atomic E-state index is 10.8. The van der Waals surface area contributed by atoms with Crippen molar-refractivity contribution in [3.05, 3.63) is 6.92 Å². The van der Waals surface area contributed by atoms with Crippen molar-refractivity contribution < 1.29 is 13.2 Å². The van der Waals surface area contributed by atoms with E-state index in [2.05, 4.69) is 6.92 Å². The van der Waals surface area contributed by atoms with Crippen LogP contribution in [0.4, 0.5) is 0 Å². The van der Waals surface area contributed by atoms with Gasteiger partial charge in [-0.2, -0.15) is 0 Å². The molecule has 4 heteroatoms. The van der Waals surface area contributed by atoms with Crippen LogP contribution >= 0.6 is 0 Å². The van der Waals surface area contributed by atoms with E-state index in [0.717, 1.165) is 0 Å². The van der Waals surface area contributed by atoms with Crippen LogP contribution in [0.1, 0.15) is 6.92 Å². The first-order valence-electron chi connectivity index (χ1n) is 2.72. The molecular weight excluding hydrogens is 140 g/mol. The zero-order valence-electron chi connectivity index (χ0n) is 5.20. The number of hydrogen-bond donors (Lipinski definition) is 0. The molecule has 0 aromatic rings. The average Bonchev–Trinajstić information content (AvgIpc) is 1.79. The van der Waals surface area contributed by atoms with Gasteiger partial charge in [-0.05, 0) is 13.8 Å². The summed E-state index contributed by atoms with van der Waals surface area (Å²) in [6, 6.07) is 0. The summed E-state index contributed by atoms with van der Waals surface area (Å²) in [7, 11) is -2.96. The lowest BCUT2D eigenvalue weighted by atomic mass is 10.5. The largest absolute Gasteiger partial charge is 0.358 e. The van der Waals surface area contributed by atoms with E-state index in [1.165, 1.54) is 6.92 Å². The third-order valence-electron chi connectivity index (χ3n) is 1.31. The standard InChI is InChI=1S/C5H9O3S/c1-4-3-9(6,7)5(2)8-4/h4-5H,1,3H2,2H3. The fraction of sp³-hybridized carbons (Fsp3) is 0.800. The smallest absolute Gasteiger partial charge is 0.179 e. The summed E-state index contributed by atoms with van der Waals surface area (Å²) in [6.07, 6.45) is -0.370. The molecule has 0 aromatic heterocycles. The number of hydrogen-bond acceptors (Lipinski definition) is 3. The van der Waals surface area contributed by atoms with E-state index >= 15 is 0 Å². The molecule has 1 fully saturated rings. The van der Waals surface area contributed by atoms with Gasteiger partial charge < -0.3 is 4.74 Å². The Hall–Kier alpha value is -0.0900. The van der Waals surface area contributed by atoms with E-state index < -0.39 is 15.3 Å². The van der Waals surface area contributed by atoms with E-state index in [0.29, 0.717) is 0 Å². The van der Waals surface area contributed by atoms with Crippen molar-refractivity contribution in [3.63, 3.8) is 0 Å². The molecule has 0 amide bonds. The Kier molecular flexibility index (Phi) is 1.52. The molecule has 0 spiro atoms. The van der Waals surface area contributed by atoms with Gasteiger partial charge in [0.05, 0.1) is 11.9 Å². The van der Waals surface area contributed by atoms with Gasteiger partial charge in [0.2, 0.25) is 0 Å². The molecule has 1 heterocycles. The highest BCUT2D eigenvalue weighted by Crippen LogP contribution is 2.16. The molecule has 0 aliphatic carbocycles. The topological polar surface area (TPSA) is 43.4 Å². The van der Waals surface area contributed by atoms with Gasteiger partial charge in [-0.3, -0.25) is 0 Å². The molecule has 1 aliphatic rings. The predicted molar refractivity (Wildman–Crippen MR) is 33.5 cm³/mol. The van der Waals surface area contributed by atoms with Crippen LogP contribution in [0.25, 0.3) is 0 Å². The average molecular weight is 149 g/mol. The van der Waals surface area contributed by atoms with Crippen molar-refractivity contribution in [1.82, 2.24) is 0 Å². The van der Waals surface area contributed by atoms with E-state index in [1.807, 2.05) is 0 Å². The summed E-state index contributed by atoms with van der Waals surface area (Å²) in [5.41, 5.74) is -0.653. The van der Waals surface area contributed by atoms with Crippen LogP contribution in [0.5, 0.6) is 0 Å². The second kappa shape index (κ2) is 1.95. The van der Waals surface area contributed by atoms with Gasteiger partial charge >= 0.3 is 0 Å². The van der Waals surface area contributed by atoms with Gasteiger partial charge in [-0.25, -0.2) is 8.42 Å². The quantitative estimate of drug-likeness (QED) is 0.486. The Balaban J connectivity index is 2.83. The SMILES string of the molecule is [CH2]C1CS(=O)(=O)C(C)O1. The molecule has 2 unspecified atom stereocenters. The number of sulfone groups is 1. The van der Waals surface area contributed by atoms with Crippen molar-refractivity contribution in [2.45, 2.75) is 18.5 Å². The highest BCUT2D eigenvalue weighted by Gasteiger charge is 2.33. The molecule has 0 bridgehead atoms. The Morgan fingerprint density at radius 3 is 2.33 bits per heavy atom. The minimum atomic E-state index is -2.96. The minimum absolute atomic E-state index is 0.0637. The van der Waals surface area contributed by atoms with Crippen molar-refractivity contribution >= 4 is 9.84 Å². The molecular formula is C5H9O3S. The summed E-state index contributed by atoms with van der Waals surface area (Å²) in [6.45, 7) is 5.01. The molecule has 1 rings (SSSR count). The summed E-state index contributed by atoms with van der Waals surface area (Å²) in [4.78, 5) is 0. The van der Waals surface area contributed by atoms with Gasteiger partial charge in [-0.1, -0.05) is 0 Å². The first-order valence-corrected chi connectivity index (χ1v) is 4.44. The maximum Gasteiger partial charge on any atom is 0.179 e. The van der Waals surface area contributed by atoms with Crippen molar-refractivity contribution in [1.29, 1.82) is 0 Å². The van der Waals surface area contributed by atoms with Crippen LogP contribution in [0.3, 0.4) is 0 Å². The third-order valence-corrected chi connectivity index (χ3v) is 3.27. The van der Waals surface area contributed by atoms with E-state index in [-0.39, 0.29) is 11.9 Å². The van der Waals surface area contributed by atoms with Crippen molar-refractivity contribution in [3.8, 4) is 0 Å². The first kappa shape index (κ1) is 7.02. The minimum Gasteiger partial charge on any atom is -0.358 e. The Bertz CT molecular complexity index is 194. The van der Waals surface area contributed by atoms with Crippen LogP contribution < -0.4 is 0 Å². The highest BCUT2D eigenvalue weighted by molar-refractivity contribution is 7.92. The highest BCUT2D eigenvalue weighted by atomic mass is 32.2. The van der Waals surface area contributed by atoms with E-state index in [1.54, 1.807) is 0 Å². The molecule has 53 valence electrons. The monoisotopic (exact) mass is 149 g/mol. The van der Waals surface area contributed by atoms with Crippen LogP contribution in [0.15, 0.2) is 0 Å². The predicted octanol–water partition coefficient (Wildman–Crippen LogP) is -0.0199. The van der Waals surface area contributed by atoms with Crippen LogP contribution in [-0.2, 0) is 14.6 Å². The molecule has 0 N–H and O–H groups in total. The zero-order valence-corrected chi connectivity index (χ0v) is 6.02. The molecule has 1 saturated heterocycles. The Labute approximate surface area is 54.9 Å². The van der Waals surface area contributed by atoms with Gasteiger partial charge in [0.15, 0.2) is 15.3 Å². The van der Waals surface area contributed by atoms with Gasteiger partial charge in [-0.15, -0.1) is 0 Å². The third kappa shape index (κ3) is 1.24. The first-order chi connectivity index (χ1) is 4.02. The molecule has 0 aromatic carbocycles. The Morgan fingerprint density at radius 2 is 2.22 bits per heavy atom. The van der Waals surface area contributed by atoms with E-state index in [4.69, 9.17) is 4.74 Å². The lowest BCUT2D eigenvalue weighted by Crippen LogP contribution is -2.11. The summed E-state index contributed by atoms with van der Waals surface area (Å²) in [5.74, 6) is 0.0637. The Morgan fingerprint density at radius 1 is 1.67 bits per heavy atom. The van der Waals surface area contributed by atoms with Crippen molar-refractivity contribution in [2.75, 3.05) is 5.75 Å². The normalized spacial score (nSPS) is 41.1. The van der Waals surface area contributed by atoms with E-state index in [9.17, 15) is 8.42 Å². The fourth-order valence-electron chi connectivity index (χ4n) is 0.790. The summed E-state index contributed by atoms with van der Waals surface area (Å²) in [5, 5.41) is 0. The summed E-state index contributed by atoms with van der Waals surface area (Å²) < 4.78 is 26.5. The lowest BCUT2D eigenvalue weighted by Gasteiger charge is -1.99. The van der Waals surface area contributed by atoms with Gasteiger partial charge in [0.1, 0.15) is 0 Å². The molecule has 3 nitrogen and oxygen atoms in total. The second-order valence-electron chi connectivity index (χ2n) is 2.16. The fourth-order valence-corrected chi connectivity index (χ4v) is 1.98. The zero-order chi connectivity index (χ0) is 7.07. The van der Waals surface area contributed by atoms with Gasteiger partial charge in [0.25, 0.3) is 0 Å². The van der Waals surface area contributed by atoms with Crippen molar-refractivity contribution in [2.24, 2.45) is 0 Å². The number of ether oxygens (including phenoxy) is 1. The summed E-state index contributed by atoms with van der Waals surface area (Å²) >= 11 is 0. The molecule has 9 heavy (non-hydrogen) atoms. The van der Waals surface area contributed by atoms with Gasteiger partial charge in [0, 0.05) is 0 Å². The number of rotatable bonds is 0. The van der Waals surface area contributed by atoms with Crippen LogP contribution in [0.2, 0.25) is 0 Å². The second-order valence-corrected chi connectivity index (χ2v) is 4.48. The van der Waals surface area contributed by atoms with Crippen LogP contribution in [-0.4, -0.2) is 25.7 Å².